The fourth-order valence-corrected chi connectivity index (χ4v) is 2.20. The molecule has 0 saturated heterocycles. The highest BCUT2D eigenvalue weighted by Crippen LogP contribution is 2.37. The Kier molecular flexibility index (Phi) is 4.59. The summed E-state index contributed by atoms with van der Waals surface area (Å²) < 4.78 is 49.6. The Morgan fingerprint density at radius 3 is 2.72 bits per heavy atom. The van der Waals surface area contributed by atoms with E-state index in [1.54, 1.807) is 0 Å². The van der Waals surface area contributed by atoms with Gasteiger partial charge in [-0.1, -0.05) is 22.8 Å². The molecule has 0 amide bonds. The second-order valence-corrected chi connectivity index (χ2v) is 5.19. The molecule has 25 heavy (non-hydrogen) atoms. The molecule has 0 aliphatic carbocycles. The molecule has 3 aromatic rings. The molecule has 3 rings (SSSR count). The Morgan fingerprint density at radius 2 is 2.08 bits per heavy atom. The molecule has 0 radical (unpaired) electrons. The summed E-state index contributed by atoms with van der Waals surface area (Å²) in [5.41, 5.74) is -0.464. The van der Waals surface area contributed by atoms with Crippen LogP contribution in [0.25, 0.3) is 11.3 Å². The van der Waals surface area contributed by atoms with Crippen LogP contribution in [-0.2, 0) is 0 Å². The zero-order valence-corrected chi connectivity index (χ0v) is 13.0. The Labute approximate surface area is 144 Å². The average Bonchev–Trinajstić information content (AvgIpc) is 3.07. The van der Waals surface area contributed by atoms with Crippen molar-refractivity contribution in [3.05, 3.63) is 58.6 Å². The van der Waals surface area contributed by atoms with Crippen molar-refractivity contribution in [1.29, 1.82) is 5.26 Å². The zero-order chi connectivity index (χ0) is 18.0. The number of nitrogens with zero attached hydrogens (tertiary/aromatic N) is 3. The van der Waals surface area contributed by atoms with Crippen molar-refractivity contribution >= 4 is 11.6 Å². The second kappa shape index (κ2) is 6.83. The van der Waals surface area contributed by atoms with E-state index in [0.717, 1.165) is 12.1 Å². The summed E-state index contributed by atoms with van der Waals surface area (Å²) in [7, 11) is 0. The Balaban J connectivity index is 2.09. The number of aromatic nitrogens is 2. The molecule has 0 bridgehead atoms. The number of alkyl halides is 2. The summed E-state index contributed by atoms with van der Waals surface area (Å²) in [6.07, 6.45) is -1.66. The number of hydrogen-bond donors (Lipinski definition) is 0. The Hall–Kier alpha value is -3.05. The standard InChI is InChI=1S/C16H7ClF3N3O2/c17-9-4-10(18)16(22-7-9)24-12-3-1-2-8(6-21)14(12)13-5-11(15(19)20)23-25-13/h1-5,7,15H. The highest BCUT2D eigenvalue weighted by Gasteiger charge is 2.21. The molecule has 0 unspecified atom stereocenters. The van der Waals surface area contributed by atoms with Gasteiger partial charge in [-0.25, -0.2) is 18.2 Å². The quantitative estimate of drug-likeness (QED) is 0.640. The van der Waals surface area contributed by atoms with Crippen molar-refractivity contribution in [3.8, 4) is 29.0 Å². The first kappa shape index (κ1) is 16.8. The smallest absolute Gasteiger partial charge is 0.283 e. The normalized spacial score (nSPS) is 10.7. The largest absolute Gasteiger partial charge is 0.436 e. The van der Waals surface area contributed by atoms with Crippen molar-refractivity contribution in [2.24, 2.45) is 0 Å². The summed E-state index contributed by atoms with van der Waals surface area (Å²) in [4.78, 5) is 3.72. The Morgan fingerprint density at radius 1 is 1.28 bits per heavy atom. The minimum atomic E-state index is -2.84. The van der Waals surface area contributed by atoms with E-state index in [2.05, 4.69) is 10.1 Å². The molecule has 5 nitrogen and oxygen atoms in total. The zero-order valence-electron chi connectivity index (χ0n) is 12.2. The molecule has 0 fully saturated rings. The lowest BCUT2D eigenvalue weighted by Crippen LogP contribution is -1.95. The first-order valence-corrected chi connectivity index (χ1v) is 7.14. The number of rotatable bonds is 4. The van der Waals surface area contributed by atoms with Gasteiger partial charge in [0.2, 0.25) is 0 Å². The monoisotopic (exact) mass is 365 g/mol. The molecule has 2 heterocycles. The molecule has 0 aliphatic rings. The van der Waals surface area contributed by atoms with Gasteiger partial charge in [0.25, 0.3) is 12.3 Å². The van der Waals surface area contributed by atoms with E-state index in [1.165, 1.54) is 24.4 Å². The molecule has 9 heteroatoms. The van der Waals surface area contributed by atoms with Crippen LogP contribution in [0.2, 0.25) is 5.02 Å². The fraction of sp³-hybridized carbons (Fsp3) is 0.0625. The van der Waals surface area contributed by atoms with E-state index in [1.807, 2.05) is 6.07 Å². The minimum absolute atomic E-state index is 0.00950. The van der Waals surface area contributed by atoms with Crippen LogP contribution in [-0.4, -0.2) is 10.1 Å². The molecule has 0 aliphatic heterocycles. The lowest BCUT2D eigenvalue weighted by molar-refractivity contribution is 0.140. The Bertz CT molecular complexity index is 969. The number of nitriles is 1. The van der Waals surface area contributed by atoms with Crippen LogP contribution in [0.5, 0.6) is 11.6 Å². The van der Waals surface area contributed by atoms with Crippen LogP contribution in [0.3, 0.4) is 0 Å². The van der Waals surface area contributed by atoms with Gasteiger partial charge in [0.05, 0.1) is 16.1 Å². The third-order valence-corrected chi connectivity index (χ3v) is 3.33. The first-order chi connectivity index (χ1) is 12.0. The maximum atomic E-state index is 13.9. The van der Waals surface area contributed by atoms with Crippen molar-refractivity contribution in [3.63, 3.8) is 0 Å². The maximum Gasteiger partial charge on any atom is 0.283 e. The van der Waals surface area contributed by atoms with Gasteiger partial charge < -0.3 is 9.26 Å². The van der Waals surface area contributed by atoms with Gasteiger partial charge in [-0.15, -0.1) is 0 Å². The van der Waals surface area contributed by atoms with E-state index >= 15 is 0 Å². The summed E-state index contributed by atoms with van der Waals surface area (Å²) in [6.45, 7) is 0. The van der Waals surface area contributed by atoms with Gasteiger partial charge >= 0.3 is 0 Å². The fourth-order valence-electron chi connectivity index (χ4n) is 2.05. The number of benzene rings is 1. The van der Waals surface area contributed by atoms with Crippen molar-refractivity contribution < 1.29 is 22.4 Å². The SMILES string of the molecule is N#Cc1cccc(Oc2ncc(Cl)cc2F)c1-c1cc(C(F)F)no1. The molecule has 0 saturated carbocycles. The van der Waals surface area contributed by atoms with Crippen LogP contribution in [0, 0.1) is 17.1 Å². The van der Waals surface area contributed by atoms with E-state index in [4.69, 9.17) is 20.9 Å². The summed E-state index contributed by atoms with van der Waals surface area (Å²) >= 11 is 5.63. The molecule has 1 aromatic carbocycles. The average molecular weight is 366 g/mol. The van der Waals surface area contributed by atoms with Crippen molar-refractivity contribution in [2.75, 3.05) is 0 Å². The minimum Gasteiger partial charge on any atom is -0.436 e. The van der Waals surface area contributed by atoms with E-state index in [-0.39, 0.29) is 27.7 Å². The summed E-state index contributed by atoms with van der Waals surface area (Å²) in [6, 6.07) is 8.20. The number of hydrogen-bond acceptors (Lipinski definition) is 5. The maximum absolute atomic E-state index is 13.9. The van der Waals surface area contributed by atoms with Crippen LogP contribution in [0.1, 0.15) is 17.7 Å². The van der Waals surface area contributed by atoms with Crippen molar-refractivity contribution in [1.82, 2.24) is 10.1 Å². The predicted octanol–water partition coefficient (Wildman–Crippen LogP) is 5.13. The predicted molar refractivity (Wildman–Crippen MR) is 80.9 cm³/mol. The molecular formula is C16H7ClF3N3O2. The lowest BCUT2D eigenvalue weighted by atomic mass is 10.0. The third-order valence-electron chi connectivity index (χ3n) is 3.13. The number of halogens is 4. The molecule has 126 valence electrons. The van der Waals surface area contributed by atoms with E-state index < -0.39 is 23.8 Å². The molecule has 0 N–H and O–H groups in total. The number of pyridine rings is 1. The van der Waals surface area contributed by atoms with E-state index in [0.29, 0.717) is 0 Å². The summed E-state index contributed by atoms with van der Waals surface area (Å²) in [5.74, 6) is -1.34. The van der Waals surface area contributed by atoms with Gasteiger partial charge in [-0.3, -0.25) is 0 Å². The second-order valence-electron chi connectivity index (χ2n) is 4.75. The molecular weight excluding hydrogens is 359 g/mol. The van der Waals surface area contributed by atoms with Gasteiger partial charge in [0, 0.05) is 12.3 Å². The molecule has 0 atom stereocenters. The van der Waals surface area contributed by atoms with Crippen molar-refractivity contribution in [2.45, 2.75) is 6.43 Å². The molecule has 2 aromatic heterocycles. The van der Waals surface area contributed by atoms with Crippen LogP contribution >= 0.6 is 11.6 Å². The van der Waals surface area contributed by atoms with Crippen LogP contribution in [0.4, 0.5) is 13.2 Å². The topological polar surface area (TPSA) is 71.9 Å². The van der Waals surface area contributed by atoms with Gasteiger partial charge in [0.1, 0.15) is 17.5 Å². The molecule has 0 spiro atoms. The van der Waals surface area contributed by atoms with E-state index in [9.17, 15) is 18.4 Å². The highest BCUT2D eigenvalue weighted by atomic mass is 35.5. The number of ether oxygens (including phenoxy) is 1. The van der Waals surface area contributed by atoms with Gasteiger partial charge in [0.15, 0.2) is 11.6 Å². The third kappa shape index (κ3) is 3.41. The van der Waals surface area contributed by atoms with Gasteiger partial charge in [-0.05, 0) is 18.2 Å². The lowest BCUT2D eigenvalue weighted by Gasteiger charge is -2.10. The summed E-state index contributed by atoms with van der Waals surface area (Å²) in [5, 5.41) is 12.6. The first-order valence-electron chi connectivity index (χ1n) is 6.76. The van der Waals surface area contributed by atoms with Gasteiger partial charge in [-0.2, -0.15) is 5.26 Å². The van der Waals surface area contributed by atoms with Crippen LogP contribution in [0.15, 0.2) is 41.1 Å². The van der Waals surface area contributed by atoms with Crippen LogP contribution < -0.4 is 4.74 Å². The highest BCUT2D eigenvalue weighted by molar-refractivity contribution is 6.30.